The van der Waals surface area contributed by atoms with Crippen LogP contribution in [0.5, 0.6) is 11.5 Å². The van der Waals surface area contributed by atoms with Crippen LogP contribution in [0.25, 0.3) is 33.2 Å². The van der Waals surface area contributed by atoms with E-state index in [-0.39, 0.29) is 11.5 Å². The Kier molecular flexibility index (Phi) is 2.59. The minimum Gasteiger partial charge on any atom is -0.506 e. The number of fused-ring (bicyclic) bond motifs is 5. The molecule has 4 nitrogen and oxygen atoms in total. The highest BCUT2D eigenvalue weighted by molar-refractivity contribution is 5.91. The fourth-order valence-electron chi connectivity index (χ4n) is 3.51. The second-order valence-electron chi connectivity index (χ2n) is 6.19. The van der Waals surface area contributed by atoms with Gasteiger partial charge in [-0.25, -0.2) is 9.97 Å². The Morgan fingerprint density at radius 3 is 1.58 bits per heavy atom. The van der Waals surface area contributed by atoms with Gasteiger partial charge in [0.25, 0.3) is 0 Å². The molecule has 0 saturated heterocycles. The maximum absolute atomic E-state index is 10.1. The van der Waals surface area contributed by atoms with Gasteiger partial charge in [-0.2, -0.15) is 0 Å². The van der Waals surface area contributed by atoms with Gasteiger partial charge < -0.3 is 10.2 Å². The number of rotatable bonds is 0. The molecule has 2 N–H and O–H groups in total. The topological polar surface area (TPSA) is 66.2 Å². The molecule has 4 aromatic rings. The second-order valence-corrected chi connectivity index (χ2v) is 6.19. The van der Waals surface area contributed by atoms with Crippen molar-refractivity contribution in [3.05, 3.63) is 59.7 Å². The van der Waals surface area contributed by atoms with E-state index in [1.165, 1.54) is 0 Å². The average molecular weight is 314 g/mol. The van der Waals surface area contributed by atoms with E-state index >= 15 is 0 Å². The minimum absolute atomic E-state index is 0.172. The van der Waals surface area contributed by atoms with Crippen molar-refractivity contribution in [2.45, 2.75) is 12.8 Å². The van der Waals surface area contributed by atoms with Crippen molar-refractivity contribution in [1.29, 1.82) is 0 Å². The summed E-state index contributed by atoms with van der Waals surface area (Å²) in [5.41, 5.74) is 5.03. The number of pyridine rings is 2. The Morgan fingerprint density at radius 1 is 0.667 bits per heavy atom. The quantitative estimate of drug-likeness (QED) is 0.515. The van der Waals surface area contributed by atoms with Gasteiger partial charge in [0.2, 0.25) is 0 Å². The minimum atomic E-state index is 0.172. The third kappa shape index (κ3) is 1.80. The zero-order chi connectivity index (χ0) is 16.3. The fraction of sp³-hybridized carbons (Fsp3) is 0.100. The van der Waals surface area contributed by atoms with Crippen LogP contribution in [0.1, 0.15) is 11.1 Å². The molecule has 116 valence electrons. The van der Waals surface area contributed by atoms with Crippen molar-refractivity contribution in [1.82, 2.24) is 9.97 Å². The number of aromatic nitrogens is 2. The summed E-state index contributed by atoms with van der Waals surface area (Å²) in [7, 11) is 0. The van der Waals surface area contributed by atoms with Crippen LogP contribution in [0.3, 0.4) is 0 Å². The molecule has 0 radical (unpaired) electrons. The molecule has 0 unspecified atom stereocenters. The first kappa shape index (κ1) is 13.3. The molecule has 1 aliphatic rings. The highest BCUT2D eigenvalue weighted by Gasteiger charge is 2.21. The summed E-state index contributed by atoms with van der Waals surface area (Å²) < 4.78 is 0. The number of aryl methyl sites for hydroxylation is 2. The fourth-order valence-corrected chi connectivity index (χ4v) is 3.51. The summed E-state index contributed by atoms with van der Waals surface area (Å²) in [6.07, 6.45) is 1.79. The van der Waals surface area contributed by atoms with Crippen molar-refractivity contribution in [3.63, 3.8) is 0 Å². The highest BCUT2D eigenvalue weighted by Crippen LogP contribution is 2.37. The number of hydrogen-bond donors (Lipinski definition) is 2. The molecular weight excluding hydrogens is 300 g/mol. The summed E-state index contributed by atoms with van der Waals surface area (Å²) >= 11 is 0. The Bertz CT molecular complexity index is 1040. The molecule has 0 saturated carbocycles. The number of para-hydroxylation sites is 2. The monoisotopic (exact) mass is 314 g/mol. The molecule has 2 heterocycles. The molecule has 0 spiro atoms. The van der Waals surface area contributed by atoms with Crippen molar-refractivity contribution >= 4 is 21.8 Å². The van der Waals surface area contributed by atoms with Crippen LogP contribution in [-0.2, 0) is 12.8 Å². The van der Waals surface area contributed by atoms with E-state index in [1.54, 1.807) is 12.1 Å². The van der Waals surface area contributed by atoms with E-state index in [2.05, 4.69) is 12.1 Å². The largest absolute Gasteiger partial charge is 0.506 e. The van der Waals surface area contributed by atoms with Crippen molar-refractivity contribution in [3.8, 4) is 22.9 Å². The first-order valence-corrected chi connectivity index (χ1v) is 7.94. The zero-order valence-electron chi connectivity index (χ0n) is 12.8. The van der Waals surface area contributed by atoms with E-state index in [1.807, 2.05) is 24.3 Å². The van der Waals surface area contributed by atoms with Gasteiger partial charge in [-0.15, -0.1) is 0 Å². The van der Waals surface area contributed by atoms with Crippen LogP contribution in [-0.4, -0.2) is 20.2 Å². The van der Waals surface area contributed by atoms with Crippen LogP contribution in [0.2, 0.25) is 0 Å². The molecule has 2 aromatic heterocycles. The van der Waals surface area contributed by atoms with E-state index in [4.69, 9.17) is 9.97 Å². The van der Waals surface area contributed by atoms with Gasteiger partial charge >= 0.3 is 0 Å². The highest BCUT2D eigenvalue weighted by atomic mass is 16.3. The molecule has 1 aliphatic carbocycles. The number of benzene rings is 2. The van der Waals surface area contributed by atoms with E-state index in [9.17, 15) is 10.2 Å². The van der Waals surface area contributed by atoms with Gasteiger partial charge in [-0.1, -0.05) is 24.3 Å². The van der Waals surface area contributed by atoms with Crippen molar-refractivity contribution in [2.24, 2.45) is 0 Å². The first-order valence-electron chi connectivity index (χ1n) is 7.94. The summed E-state index contributed by atoms with van der Waals surface area (Å²) in [6, 6.07) is 15.0. The Morgan fingerprint density at radius 2 is 1.12 bits per heavy atom. The van der Waals surface area contributed by atoms with Gasteiger partial charge in [-0.3, -0.25) is 0 Å². The van der Waals surface area contributed by atoms with Gasteiger partial charge in [0.05, 0.1) is 11.4 Å². The third-order valence-electron chi connectivity index (χ3n) is 4.69. The Labute approximate surface area is 138 Å². The number of phenolic OH excluding ortho intramolecular Hbond substituents is 2. The lowest BCUT2D eigenvalue weighted by Crippen LogP contribution is -2.08. The molecule has 0 amide bonds. The molecule has 4 heteroatoms. The normalized spacial score (nSPS) is 13.0. The molecule has 0 bridgehead atoms. The molecule has 0 fully saturated rings. The number of nitrogens with zero attached hydrogens (tertiary/aromatic N) is 2. The summed E-state index contributed by atoms with van der Waals surface area (Å²) in [5, 5.41) is 22.1. The summed E-state index contributed by atoms with van der Waals surface area (Å²) in [5.74, 6) is 0.345. The maximum atomic E-state index is 10.1. The molecule has 0 atom stereocenters. The van der Waals surface area contributed by atoms with Crippen molar-refractivity contribution in [2.75, 3.05) is 0 Å². The SMILES string of the molecule is Oc1cccc2cc3c(nc12)-c1nc2c(O)cccc2cc1CC3. The number of aromatic hydroxyl groups is 2. The lowest BCUT2D eigenvalue weighted by Gasteiger charge is -2.19. The summed E-state index contributed by atoms with van der Waals surface area (Å²) in [6.45, 7) is 0. The smallest absolute Gasteiger partial charge is 0.141 e. The van der Waals surface area contributed by atoms with Gasteiger partial charge in [0, 0.05) is 10.8 Å². The van der Waals surface area contributed by atoms with E-state index in [0.717, 1.165) is 46.1 Å². The molecule has 24 heavy (non-hydrogen) atoms. The second kappa shape index (κ2) is 4.68. The predicted molar refractivity (Wildman–Crippen MR) is 93.2 cm³/mol. The standard InChI is InChI=1S/C20H14N2O2/c23-15-5-1-3-11-9-13-7-8-14-10-12-4-2-6-16(24)18(12)22-20(14)19(13)21-17(11)15/h1-6,9-10,23-24H,7-8H2. The van der Waals surface area contributed by atoms with Crippen LogP contribution >= 0.6 is 0 Å². The van der Waals surface area contributed by atoms with Crippen LogP contribution in [0.4, 0.5) is 0 Å². The van der Waals surface area contributed by atoms with Gasteiger partial charge in [-0.05, 0) is 48.2 Å². The van der Waals surface area contributed by atoms with E-state index < -0.39 is 0 Å². The average Bonchev–Trinajstić information content (AvgIpc) is 2.60. The lowest BCUT2D eigenvalue weighted by atomic mass is 9.90. The maximum Gasteiger partial charge on any atom is 0.141 e. The van der Waals surface area contributed by atoms with E-state index in [0.29, 0.717) is 11.0 Å². The summed E-state index contributed by atoms with van der Waals surface area (Å²) in [4.78, 5) is 9.40. The zero-order valence-corrected chi connectivity index (χ0v) is 12.8. The third-order valence-corrected chi connectivity index (χ3v) is 4.69. The predicted octanol–water partition coefficient (Wildman–Crippen LogP) is 3.96. The number of hydrogen-bond acceptors (Lipinski definition) is 4. The molecule has 5 rings (SSSR count). The van der Waals surface area contributed by atoms with Crippen LogP contribution in [0.15, 0.2) is 48.5 Å². The Balaban J connectivity index is 1.86. The van der Waals surface area contributed by atoms with Crippen molar-refractivity contribution < 1.29 is 10.2 Å². The molecule has 0 aliphatic heterocycles. The molecule has 2 aromatic carbocycles. The molecular formula is C20H14N2O2. The number of phenols is 2. The van der Waals surface area contributed by atoms with Gasteiger partial charge in [0.1, 0.15) is 22.5 Å². The first-order chi connectivity index (χ1) is 11.7. The Hall–Kier alpha value is -3.14. The van der Waals surface area contributed by atoms with Crippen LogP contribution < -0.4 is 0 Å². The van der Waals surface area contributed by atoms with Gasteiger partial charge in [0.15, 0.2) is 0 Å². The van der Waals surface area contributed by atoms with Crippen LogP contribution in [0, 0.1) is 0 Å². The lowest BCUT2D eigenvalue weighted by molar-refractivity contribution is 0.479.